The van der Waals surface area contributed by atoms with E-state index >= 15 is 0 Å². The SMILES string of the molecule is O=P(O)(O)c1ccccc1.O=P(O)(O)c1ccccc1.[AlH3]. The van der Waals surface area contributed by atoms with E-state index in [1.54, 1.807) is 36.4 Å². The standard InChI is InChI=1S/2C6H7O3P.Al.3H/c2*7-10(8,9)6-4-2-1-3-5-6;;;;/h2*1-5H,(H2,7,8,9);;;;. The molecule has 0 aliphatic rings. The maximum absolute atomic E-state index is 10.5. The van der Waals surface area contributed by atoms with Crippen LogP contribution in [0.25, 0.3) is 0 Å². The molecule has 0 saturated heterocycles. The summed E-state index contributed by atoms with van der Waals surface area (Å²) < 4.78 is 21.1. The van der Waals surface area contributed by atoms with E-state index in [-0.39, 0.29) is 28.0 Å². The highest BCUT2D eigenvalue weighted by atomic mass is 31.2. The Kier molecular flexibility index (Phi) is 8.35. The molecule has 0 spiro atoms. The van der Waals surface area contributed by atoms with Gasteiger partial charge in [0.05, 0.1) is 10.6 Å². The van der Waals surface area contributed by atoms with Crippen LogP contribution >= 0.6 is 15.2 Å². The Labute approximate surface area is 132 Å². The molecule has 2 aromatic rings. The zero-order valence-electron chi connectivity index (χ0n) is 10.3. The molecule has 0 aromatic heterocycles. The summed E-state index contributed by atoms with van der Waals surface area (Å²) in [5.41, 5.74) is 0. The van der Waals surface area contributed by atoms with Gasteiger partial charge in [0.2, 0.25) is 0 Å². The summed E-state index contributed by atoms with van der Waals surface area (Å²) in [4.78, 5) is 34.4. The minimum Gasteiger partial charge on any atom is -0.321 e. The first-order valence-electron chi connectivity index (χ1n) is 5.43. The molecular weight excluding hydrogens is 329 g/mol. The fourth-order valence-electron chi connectivity index (χ4n) is 1.24. The number of hydrogen-bond donors (Lipinski definition) is 4. The molecule has 2 aromatic carbocycles. The smallest absolute Gasteiger partial charge is 0.321 e. The monoisotopic (exact) mass is 346 g/mol. The molecule has 0 heterocycles. The van der Waals surface area contributed by atoms with Gasteiger partial charge in [-0.15, -0.1) is 0 Å². The van der Waals surface area contributed by atoms with Gasteiger partial charge >= 0.3 is 15.2 Å². The fraction of sp³-hybridized carbons (Fsp3) is 0. The van der Waals surface area contributed by atoms with Crippen molar-refractivity contribution in [1.82, 2.24) is 0 Å². The molecule has 9 heteroatoms. The van der Waals surface area contributed by atoms with Crippen molar-refractivity contribution >= 4 is 43.2 Å². The molecule has 21 heavy (non-hydrogen) atoms. The third kappa shape index (κ3) is 7.73. The van der Waals surface area contributed by atoms with E-state index in [2.05, 4.69) is 0 Å². The lowest BCUT2D eigenvalue weighted by Crippen LogP contribution is -2.01. The quantitative estimate of drug-likeness (QED) is 0.442. The Morgan fingerprint density at radius 3 is 0.952 bits per heavy atom. The predicted molar refractivity (Wildman–Crippen MR) is 86.2 cm³/mol. The van der Waals surface area contributed by atoms with E-state index in [9.17, 15) is 9.13 Å². The molecule has 114 valence electrons. The van der Waals surface area contributed by atoms with Crippen LogP contribution < -0.4 is 10.6 Å². The molecule has 0 aliphatic carbocycles. The summed E-state index contributed by atoms with van der Waals surface area (Å²) in [6, 6.07) is 15.4. The fourth-order valence-corrected chi connectivity index (χ4v) is 2.37. The molecule has 4 N–H and O–H groups in total. The summed E-state index contributed by atoms with van der Waals surface area (Å²) in [6.07, 6.45) is 0. The Hall–Kier alpha value is -0.728. The van der Waals surface area contributed by atoms with Crippen molar-refractivity contribution in [3.8, 4) is 0 Å². The minimum absolute atomic E-state index is 0. The van der Waals surface area contributed by atoms with Crippen molar-refractivity contribution in [2.45, 2.75) is 0 Å². The minimum atomic E-state index is -4.02. The molecule has 0 saturated carbocycles. The van der Waals surface area contributed by atoms with E-state index in [0.717, 1.165) is 0 Å². The van der Waals surface area contributed by atoms with Gasteiger partial charge in [0.15, 0.2) is 17.4 Å². The summed E-state index contributed by atoms with van der Waals surface area (Å²) in [7, 11) is -8.04. The van der Waals surface area contributed by atoms with Gasteiger partial charge in [-0.1, -0.05) is 36.4 Å². The first-order valence-corrected chi connectivity index (χ1v) is 8.66. The molecule has 6 nitrogen and oxygen atoms in total. The first-order chi connectivity index (χ1) is 9.21. The molecule has 0 bridgehead atoms. The van der Waals surface area contributed by atoms with Gasteiger partial charge < -0.3 is 19.6 Å². The highest BCUT2D eigenvalue weighted by molar-refractivity contribution is 7.60. The summed E-state index contributed by atoms with van der Waals surface area (Å²) in [5, 5.41) is 0.130. The Balaban J connectivity index is 0.000000364. The Bertz CT molecular complexity index is 565. The van der Waals surface area contributed by atoms with Crippen molar-refractivity contribution in [1.29, 1.82) is 0 Å². The van der Waals surface area contributed by atoms with Crippen molar-refractivity contribution in [3.63, 3.8) is 0 Å². The van der Waals surface area contributed by atoms with Crippen LogP contribution in [-0.2, 0) is 9.13 Å². The van der Waals surface area contributed by atoms with Crippen molar-refractivity contribution in [2.24, 2.45) is 0 Å². The normalized spacial score (nSPS) is 10.9. The van der Waals surface area contributed by atoms with Crippen LogP contribution in [0.4, 0.5) is 0 Å². The van der Waals surface area contributed by atoms with Gasteiger partial charge in [-0.2, -0.15) is 0 Å². The third-order valence-electron chi connectivity index (χ3n) is 2.19. The molecule has 0 fully saturated rings. The number of hydrogen-bond acceptors (Lipinski definition) is 2. The van der Waals surface area contributed by atoms with Crippen LogP contribution in [0.15, 0.2) is 60.7 Å². The lowest BCUT2D eigenvalue weighted by atomic mass is 10.4. The van der Waals surface area contributed by atoms with Crippen LogP contribution in [0.1, 0.15) is 0 Å². The van der Waals surface area contributed by atoms with E-state index in [1.165, 1.54) is 24.3 Å². The van der Waals surface area contributed by atoms with E-state index < -0.39 is 15.2 Å². The summed E-state index contributed by atoms with van der Waals surface area (Å²) >= 11 is 0. The van der Waals surface area contributed by atoms with Gasteiger partial charge in [0.25, 0.3) is 0 Å². The van der Waals surface area contributed by atoms with Gasteiger partial charge in [-0.3, -0.25) is 9.13 Å². The van der Waals surface area contributed by atoms with E-state index in [1.807, 2.05) is 0 Å². The topological polar surface area (TPSA) is 115 Å². The average molecular weight is 346 g/mol. The van der Waals surface area contributed by atoms with E-state index in [4.69, 9.17) is 19.6 Å². The zero-order chi connectivity index (χ0) is 15.2. The zero-order valence-corrected chi connectivity index (χ0v) is 12.1. The summed E-state index contributed by atoms with van der Waals surface area (Å²) in [5.74, 6) is 0. The first kappa shape index (κ1) is 20.3. The Morgan fingerprint density at radius 2 is 0.810 bits per heavy atom. The highest BCUT2D eigenvalue weighted by Crippen LogP contribution is 2.32. The molecule has 2 rings (SSSR count). The second-order valence-corrected chi connectivity index (χ2v) is 6.97. The average Bonchev–Trinajstić information content (AvgIpc) is 2.40. The van der Waals surface area contributed by atoms with Crippen LogP contribution in [0.2, 0.25) is 0 Å². The molecule has 0 unspecified atom stereocenters. The predicted octanol–water partition coefficient (Wildman–Crippen LogP) is -0.205. The maximum Gasteiger partial charge on any atom is 0.356 e. The number of rotatable bonds is 2. The molecule has 0 aliphatic heterocycles. The van der Waals surface area contributed by atoms with Crippen LogP contribution in [0, 0.1) is 0 Å². The van der Waals surface area contributed by atoms with E-state index in [0.29, 0.717) is 0 Å². The maximum atomic E-state index is 10.5. The van der Waals surface area contributed by atoms with Crippen molar-refractivity contribution in [2.75, 3.05) is 0 Å². The second-order valence-electron chi connectivity index (χ2n) is 3.76. The summed E-state index contributed by atoms with van der Waals surface area (Å²) in [6.45, 7) is 0. The highest BCUT2D eigenvalue weighted by Gasteiger charge is 2.15. The van der Waals surface area contributed by atoms with Gasteiger partial charge in [-0.25, -0.2) is 0 Å². The molecular formula is C12H17AlO6P2. The van der Waals surface area contributed by atoms with Crippen molar-refractivity contribution < 1.29 is 28.7 Å². The molecule has 0 radical (unpaired) electrons. The van der Waals surface area contributed by atoms with Gasteiger partial charge in [0, 0.05) is 0 Å². The lowest BCUT2D eigenvalue weighted by Gasteiger charge is -2.00. The van der Waals surface area contributed by atoms with Crippen molar-refractivity contribution in [3.05, 3.63) is 60.7 Å². The largest absolute Gasteiger partial charge is 0.356 e. The van der Waals surface area contributed by atoms with Gasteiger partial charge in [0.1, 0.15) is 0 Å². The third-order valence-corrected chi connectivity index (χ3v) is 4.13. The molecule has 0 atom stereocenters. The van der Waals surface area contributed by atoms with Crippen LogP contribution in [0.5, 0.6) is 0 Å². The number of benzene rings is 2. The molecule has 0 amide bonds. The Morgan fingerprint density at radius 1 is 0.571 bits per heavy atom. The second kappa shape index (κ2) is 8.65. The lowest BCUT2D eigenvalue weighted by molar-refractivity contribution is 0.385. The van der Waals surface area contributed by atoms with Crippen LogP contribution in [0.3, 0.4) is 0 Å². The van der Waals surface area contributed by atoms with Crippen LogP contribution in [-0.4, -0.2) is 36.9 Å². The van der Waals surface area contributed by atoms with Gasteiger partial charge in [-0.05, 0) is 24.3 Å².